The van der Waals surface area contributed by atoms with Gasteiger partial charge in [0.05, 0.1) is 75.2 Å². The highest BCUT2D eigenvalue weighted by molar-refractivity contribution is 6.31. The number of unbranched alkanes of at least 4 members (excludes halogenated alkanes) is 4. The Balaban J connectivity index is 1.01. The van der Waals surface area contributed by atoms with Gasteiger partial charge in [0.15, 0.2) is 17.9 Å². The fourth-order valence-electron chi connectivity index (χ4n) is 13.9. The van der Waals surface area contributed by atoms with Crippen LogP contribution in [0.1, 0.15) is 206 Å². The molecule has 0 aromatic heterocycles. The quantitative estimate of drug-likeness (QED) is 0.0113. The molecule has 0 unspecified atom stereocenters. The molecule has 3 aliphatic rings. The lowest BCUT2D eigenvalue weighted by molar-refractivity contribution is -0.275. The minimum absolute atomic E-state index is 0.0127. The third-order valence-electron chi connectivity index (χ3n) is 20.3. The van der Waals surface area contributed by atoms with Crippen molar-refractivity contribution in [2.45, 2.75) is 237 Å². The van der Waals surface area contributed by atoms with Gasteiger partial charge in [-0.2, -0.15) is 0 Å². The molecule has 0 bridgehead atoms. The number of amides is 9. The van der Waals surface area contributed by atoms with Crippen LogP contribution in [0.3, 0.4) is 0 Å². The van der Waals surface area contributed by atoms with E-state index >= 15 is 0 Å². The van der Waals surface area contributed by atoms with Gasteiger partial charge in [0, 0.05) is 61.5 Å². The Bertz CT molecular complexity index is 4370. The van der Waals surface area contributed by atoms with Crippen molar-refractivity contribution < 1.29 is 135 Å². The maximum Gasteiger partial charge on any atom is 0.407 e. The van der Waals surface area contributed by atoms with Gasteiger partial charge in [-0.3, -0.25) is 62.3 Å². The van der Waals surface area contributed by atoms with E-state index in [0.717, 1.165) is 5.56 Å². The highest BCUT2D eigenvalue weighted by atomic mass is 16.7. The second-order valence-electron chi connectivity index (χ2n) is 30.3. The molecule has 14 N–H and O–H groups in total. The molecule has 0 spiro atoms. The lowest BCUT2D eigenvalue weighted by Gasteiger charge is -2.47. The first-order chi connectivity index (χ1) is 57.6. The minimum Gasteiger partial charge on any atom is -0.507 e. The van der Waals surface area contributed by atoms with E-state index in [-0.39, 0.29) is 79.5 Å². The molecule has 9 amide bonds. The number of benzene rings is 4. The molecule has 1 saturated heterocycles. The predicted molar refractivity (Wildman–Crippen MR) is 428 cm³/mol. The monoisotopic (exact) mass is 1690 g/mol. The molecular formula is C84H111N9O28. The third-order valence-corrected chi connectivity index (χ3v) is 20.3. The van der Waals surface area contributed by atoms with Gasteiger partial charge in [-0.1, -0.05) is 108 Å². The number of methoxy groups -OCH3 is 1. The molecule has 1 aliphatic heterocycles. The number of esters is 3. The molecule has 4 aromatic carbocycles. The number of nitrogens with one attached hydrogen (secondary N) is 9. The molecule has 121 heavy (non-hydrogen) atoms. The zero-order valence-corrected chi connectivity index (χ0v) is 69.3. The van der Waals surface area contributed by atoms with Crippen LogP contribution in [0.5, 0.6) is 17.2 Å². The van der Waals surface area contributed by atoms with Crippen molar-refractivity contribution in [1.29, 1.82) is 0 Å². The lowest BCUT2D eigenvalue weighted by Crippen LogP contribution is -2.59. The molecule has 0 radical (unpaired) electrons. The Hall–Kier alpha value is -11.7. The number of carbonyl (C=O) groups excluding carboxylic acids is 15. The van der Waals surface area contributed by atoms with Crippen LogP contribution in [0.15, 0.2) is 72.8 Å². The first-order valence-corrected chi connectivity index (χ1v) is 40.3. The molecule has 11 atom stereocenters. The van der Waals surface area contributed by atoms with Crippen molar-refractivity contribution >= 4 is 94.5 Å². The van der Waals surface area contributed by atoms with E-state index in [9.17, 15) is 97.5 Å². The summed E-state index contributed by atoms with van der Waals surface area (Å²) in [4.78, 5) is 205. The summed E-state index contributed by atoms with van der Waals surface area (Å²) >= 11 is 0. The van der Waals surface area contributed by atoms with Gasteiger partial charge >= 0.3 is 30.1 Å². The Labute approximate surface area is 699 Å². The van der Waals surface area contributed by atoms with Crippen molar-refractivity contribution in [2.24, 2.45) is 5.92 Å². The van der Waals surface area contributed by atoms with E-state index in [1.807, 2.05) is 26.8 Å². The summed E-state index contributed by atoms with van der Waals surface area (Å²) in [5, 5.41) is 80.1. The topological polar surface area (TPSA) is 539 Å². The molecule has 1 fully saturated rings. The van der Waals surface area contributed by atoms with Crippen molar-refractivity contribution in [3.8, 4) is 17.2 Å². The Morgan fingerprint density at radius 3 is 1.79 bits per heavy atom. The molecule has 7 rings (SSSR count). The molecule has 37 heteroatoms. The fourth-order valence-corrected chi connectivity index (χ4v) is 13.9. The first-order valence-electron chi connectivity index (χ1n) is 40.3. The number of alkyl carbamates (subject to hydrolysis) is 2. The zero-order chi connectivity index (χ0) is 88.8. The van der Waals surface area contributed by atoms with Crippen LogP contribution < -0.4 is 52.6 Å². The number of hydrogen-bond donors (Lipinski definition) is 14. The smallest absolute Gasteiger partial charge is 0.407 e. The number of phenols is 2. The average molecular weight is 1690 g/mol. The number of aromatic hydroxyl groups is 2. The highest BCUT2D eigenvalue weighted by Gasteiger charge is 2.56. The van der Waals surface area contributed by atoms with Crippen LogP contribution in [0.25, 0.3) is 0 Å². The molecule has 2 aliphatic carbocycles. The van der Waals surface area contributed by atoms with Crippen molar-refractivity contribution in [3.63, 3.8) is 0 Å². The SMILES string of the molecule is CCCCOC(=O)CC[C@H](NC(=O)[C@H](CC(=O)OCCCC)NC(=O)CNC(=O)[C@H](CCCCNC(=O)OCc1ccccc1)NC(C)=O)C(=O)N[C@H](C(=O)N[C@@H](CC(=O)OCCCC)C(=O)Nc1ccc(COC(=O)N[C@H]2C[C@H](O[C@@]3(C)C[C@](O)(C(=O)CO)Cc4c(O)c5c(c(O)c43)C(=O)c3c(OC)cccc3C5=O)O[C@@H](C)[C@H]2O)cc1)C(C)C. The number of anilines is 1. The van der Waals surface area contributed by atoms with E-state index in [1.165, 1.54) is 84.2 Å². The van der Waals surface area contributed by atoms with E-state index in [0.29, 0.717) is 56.9 Å². The van der Waals surface area contributed by atoms with E-state index in [2.05, 4.69) is 47.9 Å². The summed E-state index contributed by atoms with van der Waals surface area (Å²) < 4.78 is 44.6. The number of aliphatic hydroxyl groups is 3. The number of fused-ring (bicyclic) bond motifs is 3. The number of rotatable bonds is 45. The summed E-state index contributed by atoms with van der Waals surface area (Å²) in [5.74, 6) is -14.6. The summed E-state index contributed by atoms with van der Waals surface area (Å²) in [6.07, 6.45) is -6.03. The van der Waals surface area contributed by atoms with Crippen molar-refractivity contribution in [3.05, 3.63) is 117 Å². The Kier molecular flexibility index (Phi) is 36.8. The first kappa shape index (κ1) is 96.5. The van der Waals surface area contributed by atoms with E-state index in [4.69, 9.17) is 37.9 Å². The highest BCUT2D eigenvalue weighted by Crippen LogP contribution is 2.55. The lowest BCUT2D eigenvalue weighted by atomic mass is 9.67. The number of Topliss-reactive ketones (excluding diaryl/α,β-unsaturated/α-hetero) is 1. The van der Waals surface area contributed by atoms with Gasteiger partial charge in [-0.05, 0) is 94.0 Å². The number of phenolic OH excluding ortho intramolecular Hbond substituents is 2. The predicted octanol–water partition coefficient (Wildman–Crippen LogP) is 3.98. The second-order valence-corrected chi connectivity index (χ2v) is 30.3. The molecular weight excluding hydrogens is 1580 g/mol. The van der Waals surface area contributed by atoms with Gasteiger partial charge in [0.25, 0.3) is 0 Å². The number of aliphatic hydroxyl groups excluding tert-OH is 2. The van der Waals surface area contributed by atoms with Crippen molar-refractivity contribution in [1.82, 2.24) is 42.5 Å². The Morgan fingerprint density at radius 1 is 0.603 bits per heavy atom. The second kappa shape index (κ2) is 46.2. The van der Waals surface area contributed by atoms with Gasteiger partial charge in [-0.15, -0.1) is 0 Å². The number of ether oxygens (including phenoxy) is 8. The number of hydrogen-bond acceptors (Lipinski definition) is 28. The Morgan fingerprint density at radius 2 is 1.18 bits per heavy atom. The van der Waals surface area contributed by atoms with Crippen LogP contribution >= 0.6 is 0 Å². The fraction of sp³-hybridized carbons (Fsp3) is 0.536. The molecule has 0 saturated carbocycles. The molecule has 660 valence electrons. The van der Waals surface area contributed by atoms with Gasteiger partial charge in [0.1, 0.15) is 84.6 Å². The largest absolute Gasteiger partial charge is 0.507 e. The summed E-state index contributed by atoms with van der Waals surface area (Å²) in [6.45, 7) is 10.3. The maximum absolute atomic E-state index is 14.6. The minimum atomic E-state index is -2.51. The van der Waals surface area contributed by atoms with Crippen LogP contribution in [0.2, 0.25) is 0 Å². The van der Waals surface area contributed by atoms with Gasteiger partial charge < -0.3 is 111 Å². The number of carbonyl (C=O) groups is 15. The van der Waals surface area contributed by atoms with Crippen molar-refractivity contribution in [2.75, 3.05) is 51.9 Å². The molecule has 1 heterocycles. The molecule has 37 nitrogen and oxygen atoms in total. The zero-order valence-electron chi connectivity index (χ0n) is 69.3. The van der Waals surface area contributed by atoms with Crippen LogP contribution in [0, 0.1) is 5.92 Å². The summed E-state index contributed by atoms with van der Waals surface area (Å²) in [5.41, 5.74) is -5.66. The van der Waals surface area contributed by atoms with Crippen LogP contribution in [-0.2, 0) is 111 Å². The standard InChI is InChI=1S/C84H111N9O28/c1-10-13-34-115-62(98)32-31-55(90-79(109)57(37-63(99)116-35-14-11-2)89-61(97)41-86-76(106)54(87-48(7)95)25-19-20-33-85-81(111)118-43-49-22-17-16-18-23-49)77(107)93-70(46(4)5)80(110)91-58(38-64(100)117-36-15-12-3)78(108)88-51-29-27-50(28-30-51)44-119-82(112)92-56-39-65(120-47(6)71(56)101)121-83(8)45-84(113,60(96)42-94)40-53-69(83)75(105)68-67(73(53)103)72(102)52-24-21-26-59(114-9)66(52)74(68)104/h16-18,21-24,26-30,46-47,54-58,65,70-71,94,101,103,105,113H,10-15,19-20,25,31-45H2,1-9H3,(H,85,111)(H,86,106)(H,87,95)(H,88,108)(H,89,97)(H,90,109)(H,91,110)(H,92,112)(H,93,107)/t47-,54-,55-,56-,57-,58-,65-,70-,71+,83-,84-/m0/s1. The van der Waals surface area contributed by atoms with E-state index < -0.39 is 242 Å². The average Bonchev–Trinajstić information content (AvgIpc) is 0.700. The third kappa shape index (κ3) is 27.4. The maximum atomic E-state index is 14.6. The normalized spacial score (nSPS) is 18.9. The van der Waals surface area contributed by atoms with Gasteiger partial charge in [0.2, 0.25) is 47.1 Å². The van der Waals surface area contributed by atoms with Gasteiger partial charge in [-0.25, -0.2) is 9.59 Å². The van der Waals surface area contributed by atoms with Crippen LogP contribution in [-0.4, -0.2) is 221 Å². The summed E-state index contributed by atoms with van der Waals surface area (Å²) in [6, 6.07) is 9.76. The number of ketones is 3. The summed E-state index contributed by atoms with van der Waals surface area (Å²) in [7, 11) is 1.26. The van der Waals surface area contributed by atoms with E-state index in [1.54, 1.807) is 24.3 Å². The van der Waals surface area contributed by atoms with Crippen LogP contribution in [0.4, 0.5) is 15.3 Å². The molecule has 4 aromatic rings.